The molecule has 0 amide bonds. The maximum absolute atomic E-state index is 12.5. The first-order chi connectivity index (χ1) is 9.93. The Balaban J connectivity index is 2.45. The van der Waals surface area contributed by atoms with E-state index < -0.39 is 11.7 Å². The summed E-state index contributed by atoms with van der Waals surface area (Å²) in [5.74, 6) is 0. The predicted molar refractivity (Wildman–Crippen MR) is 74.5 cm³/mol. The first kappa shape index (κ1) is 14.7. The highest BCUT2D eigenvalue weighted by molar-refractivity contribution is 5.95. The van der Waals surface area contributed by atoms with Gasteiger partial charge < -0.3 is 5.73 Å². The second kappa shape index (κ2) is 5.71. The quantitative estimate of drug-likeness (QED) is 0.669. The van der Waals surface area contributed by atoms with E-state index in [0.29, 0.717) is 11.1 Å². The molecule has 0 unspecified atom stereocenters. The molecule has 0 aromatic heterocycles. The fourth-order valence-electron chi connectivity index (χ4n) is 1.87. The number of nitrogens with zero attached hydrogens (tertiary/aromatic N) is 1. The van der Waals surface area contributed by atoms with Crippen LogP contribution in [0.5, 0.6) is 0 Å². The van der Waals surface area contributed by atoms with Crippen LogP contribution in [0, 0.1) is 11.3 Å². The Morgan fingerprint density at radius 2 is 1.48 bits per heavy atom. The van der Waals surface area contributed by atoms with Crippen LogP contribution in [0.4, 0.5) is 13.2 Å². The molecule has 21 heavy (non-hydrogen) atoms. The van der Waals surface area contributed by atoms with Gasteiger partial charge in [-0.05, 0) is 23.3 Å². The van der Waals surface area contributed by atoms with Crippen LogP contribution in [0.3, 0.4) is 0 Å². The van der Waals surface area contributed by atoms with Crippen molar-refractivity contribution in [3.05, 3.63) is 71.3 Å². The largest absolute Gasteiger partial charge is 0.416 e. The van der Waals surface area contributed by atoms with E-state index in [0.717, 1.165) is 12.1 Å². The molecule has 106 valence electrons. The lowest BCUT2D eigenvalue weighted by atomic mass is 10.00. The standard InChI is InChI=1S/C16H11F3N2/c17-16(18,19)13-8-6-12(7-9-13)15(21)14(10-20)11-4-2-1-3-5-11/h1-9H,21H2/b15-14-. The summed E-state index contributed by atoms with van der Waals surface area (Å²) in [4.78, 5) is 0. The molecule has 0 saturated heterocycles. The molecule has 0 atom stereocenters. The van der Waals surface area contributed by atoms with Crippen LogP contribution in [-0.4, -0.2) is 0 Å². The van der Waals surface area contributed by atoms with Crippen molar-refractivity contribution in [1.29, 1.82) is 5.26 Å². The monoisotopic (exact) mass is 288 g/mol. The van der Waals surface area contributed by atoms with Crippen molar-refractivity contribution in [3.63, 3.8) is 0 Å². The first-order valence-corrected chi connectivity index (χ1v) is 6.06. The molecular weight excluding hydrogens is 277 g/mol. The Kier molecular flexibility index (Phi) is 3.99. The van der Waals surface area contributed by atoms with Crippen molar-refractivity contribution in [2.24, 2.45) is 5.73 Å². The topological polar surface area (TPSA) is 49.8 Å². The van der Waals surface area contributed by atoms with E-state index in [4.69, 9.17) is 5.73 Å². The van der Waals surface area contributed by atoms with Crippen molar-refractivity contribution in [2.45, 2.75) is 6.18 Å². The van der Waals surface area contributed by atoms with Gasteiger partial charge in [0.25, 0.3) is 0 Å². The van der Waals surface area contributed by atoms with Gasteiger partial charge in [0.05, 0.1) is 16.8 Å². The van der Waals surface area contributed by atoms with Gasteiger partial charge in [-0.25, -0.2) is 0 Å². The molecule has 0 spiro atoms. The third-order valence-electron chi connectivity index (χ3n) is 2.97. The summed E-state index contributed by atoms with van der Waals surface area (Å²) in [6, 6.07) is 15.2. The summed E-state index contributed by atoms with van der Waals surface area (Å²) in [6.07, 6.45) is -4.39. The minimum Gasteiger partial charge on any atom is -0.397 e. The van der Waals surface area contributed by atoms with Crippen LogP contribution in [0.25, 0.3) is 11.3 Å². The summed E-state index contributed by atoms with van der Waals surface area (Å²) in [5, 5.41) is 9.23. The maximum atomic E-state index is 12.5. The zero-order chi connectivity index (χ0) is 15.5. The van der Waals surface area contributed by atoms with E-state index in [9.17, 15) is 18.4 Å². The van der Waals surface area contributed by atoms with Gasteiger partial charge in [0, 0.05) is 0 Å². The number of allylic oxidation sites excluding steroid dienone is 1. The smallest absolute Gasteiger partial charge is 0.397 e. The summed E-state index contributed by atoms with van der Waals surface area (Å²) in [6.45, 7) is 0. The van der Waals surface area contributed by atoms with E-state index >= 15 is 0 Å². The first-order valence-electron chi connectivity index (χ1n) is 6.06. The van der Waals surface area contributed by atoms with Crippen molar-refractivity contribution >= 4 is 11.3 Å². The molecular formula is C16H11F3N2. The van der Waals surface area contributed by atoms with Crippen molar-refractivity contribution in [3.8, 4) is 6.07 Å². The Labute approximate surface area is 119 Å². The van der Waals surface area contributed by atoms with Crippen LogP contribution in [0.1, 0.15) is 16.7 Å². The Bertz CT molecular complexity index is 693. The molecule has 2 N–H and O–H groups in total. The fourth-order valence-corrected chi connectivity index (χ4v) is 1.87. The van der Waals surface area contributed by atoms with Gasteiger partial charge in [0.1, 0.15) is 6.07 Å². The van der Waals surface area contributed by atoms with Crippen LogP contribution in [0.2, 0.25) is 0 Å². The van der Waals surface area contributed by atoms with E-state index in [1.54, 1.807) is 30.3 Å². The van der Waals surface area contributed by atoms with Crippen LogP contribution >= 0.6 is 0 Å². The molecule has 2 aromatic carbocycles. The number of hydrogen-bond donors (Lipinski definition) is 1. The molecule has 5 heteroatoms. The minimum atomic E-state index is -4.39. The van der Waals surface area contributed by atoms with E-state index in [1.165, 1.54) is 12.1 Å². The molecule has 0 aliphatic carbocycles. The normalized spacial score (nSPS) is 12.5. The van der Waals surface area contributed by atoms with Crippen LogP contribution in [0.15, 0.2) is 54.6 Å². The average molecular weight is 288 g/mol. The highest BCUT2D eigenvalue weighted by Gasteiger charge is 2.30. The Morgan fingerprint density at radius 3 is 1.95 bits per heavy atom. The maximum Gasteiger partial charge on any atom is 0.416 e. The van der Waals surface area contributed by atoms with E-state index in [1.807, 2.05) is 6.07 Å². The summed E-state index contributed by atoms with van der Waals surface area (Å²) in [5.41, 5.74) is 6.55. The number of nitriles is 1. The molecule has 2 aromatic rings. The molecule has 0 fully saturated rings. The number of hydrogen-bond acceptors (Lipinski definition) is 2. The third-order valence-corrected chi connectivity index (χ3v) is 2.97. The number of alkyl halides is 3. The highest BCUT2D eigenvalue weighted by atomic mass is 19.4. The Morgan fingerprint density at radius 1 is 0.905 bits per heavy atom. The van der Waals surface area contributed by atoms with Gasteiger partial charge in [-0.15, -0.1) is 0 Å². The van der Waals surface area contributed by atoms with Gasteiger partial charge in [0.15, 0.2) is 0 Å². The van der Waals surface area contributed by atoms with Gasteiger partial charge in [-0.2, -0.15) is 18.4 Å². The zero-order valence-corrected chi connectivity index (χ0v) is 10.9. The van der Waals surface area contributed by atoms with E-state index in [-0.39, 0.29) is 11.3 Å². The Hall–Kier alpha value is -2.74. The molecule has 0 bridgehead atoms. The van der Waals surface area contributed by atoms with Crippen molar-refractivity contribution < 1.29 is 13.2 Å². The molecule has 0 saturated carbocycles. The lowest BCUT2D eigenvalue weighted by molar-refractivity contribution is -0.137. The molecule has 0 aliphatic heterocycles. The minimum absolute atomic E-state index is 0.150. The fraction of sp³-hybridized carbons (Fsp3) is 0.0625. The number of nitrogens with two attached hydrogens (primary N) is 1. The third kappa shape index (κ3) is 3.23. The zero-order valence-electron chi connectivity index (χ0n) is 10.9. The second-order valence-corrected chi connectivity index (χ2v) is 4.34. The van der Waals surface area contributed by atoms with E-state index in [2.05, 4.69) is 0 Å². The number of rotatable bonds is 2. The number of halogens is 3. The average Bonchev–Trinajstić information content (AvgIpc) is 2.48. The summed E-state index contributed by atoms with van der Waals surface area (Å²) < 4.78 is 37.5. The second-order valence-electron chi connectivity index (χ2n) is 4.34. The molecule has 0 aliphatic rings. The molecule has 0 radical (unpaired) electrons. The SMILES string of the molecule is N#C/C(=C(/N)c1ccc(C(F)(F)F)cc1)c1ccccc1. The molecule has 2 nitrogen and oxygen atoms in total. The van der Waals surface area contributed by atoms with Crippen LogP contribution < -0.4 is 5.73 Å². The lowest BCUT2D eigenvalue weighted by Gasteiger charge is -2.09. The predicted octanol–water partition coefficient (Wildman–Crippen LogP) is 4.06. The van der Waals surface area contributed by atoms with Gasteiger partial charge in [0.2, 0.25) is 0 Å². The molecule has 0 heterocycles. The number of benzene rings is 2. The summed E-state index contributed by atoms with van der Waals surface area (Å²) in [7, 11) is 0. The van der Waals surface area contributed by atoms with Gasteiger partial charge in [-0.3, -0.25) is 0 Å². The van der Waals surface area contributed by atoms with Crippen molar-refractivity contribution in [2.75, 3.05) is 0 Å². The lowest BCUT2D eigenvalue weighted by Crippen LogP contribution is -2.06. The van der Waals surface area contributed by atoms with Gasteiger partial charge in [-0.1, -0.05) is 42.5 Å². The molecule has 2 rings (SSSR count). The summed E-state index contributed by atoms with van der Waals surface area (Å²) >= 11 is 0. The van der Waals surface area contributed by atoms with Crippen molar-refractivity contribution in [1.82, 2.24) is 0 Å². The van der Waals surface area contributed by atoms with Gasteiger partial charge >= 0.3 is 6.18 Å². The van der Waals surface area contributed by atoms with Crippen LogP contribution in [-0.2, 0) is 6.18 Å². The highest BCUT2D eigenvalue weighted by Crippen LogP contribution is 2.30.